The molecule has 140 valence electrons. The van der Waals surface area contributed by atoms with Gasteiger partial charge in [-0.1, -0.05) is 12.1 Å². The van der Waals surface area contributed by atoms with Crippen LogP contribution in [0.15, 0.2) is 48.5 Å². The Morgan fingerprint density at radius 1 is 1.22 bits per heavy atom. The topological polar surface area (TPSA) is 68.3 Å². The SMILES string of the molecule is C[C@H](SCC(=O)Nc1ccc(F)cc1)C(=O)OCc1nc2ccccc2s1. The number of hydrogen-bond donors (Lipinski definition) is 1. The van der Waals surface area contributed by atoms with Gasteiger partial charge in [0.1, 0.15) is 22.7 Å². The Balaban J connectivity index is 1.43. The fraction of sp³-hybridized carbons (Fsp3) is 0.211. The lowest BCUT2D eigenvalue weighted by atomic mass is 10.3. The summed E-state index contributed by atoms with van der Waals surface area (Å²) in [6, 6.07) is 13.2. The molecule has 0 aliphatic carbocycles. The molecule has 0 fully saturated rings. The maximum absolute atomic E-state index is 12.9. The molecule has 27 heavy (non-hydrogen) atoms. The van der Waals surface area contributed by atoms with Gasteiger partial charge >= 0.3 is 5.97 Å². The zero-order valence-electron chi connectivity index (χ0n) is 14.5. The molecule has 3 aromatic rings. The van der Waals surface area contributed by atoms with Gasteiger partial charge in [0.25, 0.3) is 0 Å². The standard InChI is InChI=1S/C19H17FN2O3S2/c1-12(26-11-17(23)21-14-8-6-13(20)7-9-14)19(24)25-10-18-22-15-4-2-3-5-16(15)27-18/h2-9,12H,10-11H2,1H3,(H,21,23)/t12-/m0/s1. The third-order valence-electron chi connectivity index (χ3n) is 3.60. The zero-order valence-corrected chi connectivity index (χ0v) is 16.1. The van der Waals surface area contributed by atoms with Crippen molar-refractivity contribution in [3.63, 3.8) is 0 Å². The third kappa shape index (κ3) is 5.51. The van der Waals surface area contributed by atoms with E-state index in [1.165, 1.54) is 47.4 Å². The number of para-hydroxylation sites is 1. The Bertz CT molecular complexity index is 911. The first-order valence-corrected chi connectivity index (χ1v) is 10.1. The Labute approximate surface area is 163 Å². The lowest BCUT2D eigenvalue weighted by Crippen LogP contribution is -2.21. The predicted molar refractivity (Wildman–Crippen MR) is 106 cm³/mol. The summed E-state index contributed by atoms with van der Waals surface area (Å²) in [4.78, 5) is 28.4. The van der Waals surface area contributed by atoms with Crippen molar-refractivity contribution >= 4 is 50.9 Å². The van der Waals surface area contributed by atoms with Gasteiger partial charge in [-0.05, 0) is 43.3 Å². The maximum atomic E-state index is 12.9. The van der Waals surface area contributed by atoms with Gasteiger partial charge in [0.15, 0.2) is 0 Å². The molecule has 8 heteroatoms. The first-order chi connectivity index (χ1) is 13.0. The van der Waals surface area contributed by atoms with Crippen LogP contribution in [0.5, 0.6) is 0 Å². The molecule has 0 aliphatic rings. The number of halogens is 1. The number of anilines is 1. The first kappa shape index (κ1) is 19.3. The summed E-state index contributed by atoms with van der Waals surface area (Å²) >= 11 is 2.66. The number of rotatable bonds is 7. The second kappa shape index (κ2) is 8.96. The van der Waals surface area contributed by atoms with Gasteiger partial charge in [0, 0.05) is 5.69 Å². The van der Waals surface area contributed by atoms with Gasteiger partial charge in [0.2, 0.25) is 5.91 Å². The summed E-state index contributed by atoms with van der Waals surface area (Å²) < 4.78 is 19.2. The van der Waals surface area contributed by atoms with Crippen LogP contribution in [-0.2, 0) is 20.9 Å². The number of amides is 1. The molecule has 0 radical (unpaired) electrons. The molecule has 0 unspecified atom stereocenters. The molecule has 0 aliphatic heterocycles. The quantitative estimate of drug-likeness (QED) is 0.597. The second-order valence-corrected chi connectivity index (χ2v) is 8.14. The number of nitrogens with zero attached hydrogens (tertiary/aromatic N) is 1. The molecule has 0 spiro atoms. The zero-order chi connectivity index (χ0) is 19.2. The van der Waals surface area contributed by atoms with Crippen LogP contribution >= 0.6 is 23.1 Å². The van der Waals surface area contributed by atoms with Crippen LogP contribution < -0.4 is 5.32 Å². The molecule has 0 saturated heterocycles. The molecule has 1 atom stereocenters. The van der Waals surface area contributed by atoms with Gasteiger partial charge in [-0.15, -0.1) is 23.1 Å². The number of hydrogen-bond acceptors (Lipinski definition) is 6. The van der Waals surface area contributed by atoms with Gasteiger partial charge in [-0.3, -0.25) is 9.59 Å². The molecule has 3 rings (SSSR count). The van der Waals surface area contributed by atoms with Crippen molar-refractivity contribution in [1.29, 1.82) is 0 Å². The molecule has 1 aromatic heterocycles. The van der Waals surface area contributed by atoms with Crippen molar-refractivity contribution in [3.8, 4) is 0 Å². The van der Waals surface area contributed by atoms with Crippen molar-refractivity contribution in [1.82, 2.24) is 4.98 Å². The van der Waals surface area contributed by atoms with Crippen LogP contribution in [0.2, 0.25) is 0 Å². The normalized spacial score (nSPS) is 11.9. The maximum Gasteiger partial charge on any atom is 0.319 e. The minimum absolute atomic E-state index is 0.0920. The molecule has 5 nitrogen and oxygen atoms in total. The van der Waals surface area contributed by atoms with E-state index in [2.05, 4.69) is 10.3 Å². The highest BCUT2D eigenvalue weighted by molar-refractivity contribution is 8.01. The van der Waals surface area contributed by atoms with Crippen LogP contribution in [0.25, 0.3) is 10.2 Å². The van der Waals surface area contributed by atoms with Crippen molar-refractivity contribution in [2.75, 3.05) is 11.1 Å². The Hall–Kier alpha value is -2.45. The minimum atomic E-state index is -0.488. The Kier molecular flexibility index (Phi) is 6.41. The fourth-order valence-corrected chi connectivity index (χ4v) is 3.79. The lowest BCUT2D eigenvalue weighted by molar-refractivity contribution is -0.143. The number of thiazole rings is 1. The van der Waals surface area contributed by atoms with Gasteiger partial charge in [0.05, 0.1) is 16.0 Å². The number of nitrogens with one attached hydrogen (secondary N) is 1. The van der Waals surface area contributed by atoms with E-state index in [0.29, 0.717) is 5.69 Å². The van der Waals surface area contributed by atoms with Crippen molar-refractivity contribution in [2.45, 2.75) is 18.8 Å². The third-order valence-corrected chi connectivity index (χ3v) is 5.73. The summed E-state index contributed by atoms with van der Waals surface area (Å²) in [5.41, 5.74) is 1.39. The number of carbonyl (C=O) groups is 2. The highest BCUT2D eigenvalue weighted by atomic mass is 32.2. The number of thioether (sulfide) groups is 1. The average Bonchev–Trinajstić information content (AvgIpc) is 3.09. The summed E-state index contributed by atoms with van der Waals surface area (Å²) in [6.07, 6.45) is 0. The highest BCUT2D eigenvalue weighted by Gasteiger charge is 2.17. The molecule has 0 bridgehead atoms. The summed E-state index contributed by atoms with van der Waals surface area (Å²) in [6.45, 7) is 1.81. The van der Waals surface area contributed by atoms with E-state index in [1.807, 2.05) is 24.3 Å². The second-order valence-electron chi connectivity index (χ2n) is 5.69. The molecular weight excluding hydrogens is 387 g/mol. The number of ether oxygens (including phenoxy) is 1. The minimum Gasteiger partial charge on any atom is -0.457 e. The Morgan fingerprint density at radius 2 is 1.96 bits per heavy atom. The Morgan fingerprint density at radius 3 is 2.70 bits per heavy atom. The van der Waals surface area contributed by atoms with E-state index in [0.717, 1.165) is 15.2 Å². The lowest BCUT2D eigenvalue weighted by Gasteiger charge is -2.10. The molecule has 1 heterocycles. The summed E-state index contributed by atoms with van der Waals surface area (Å²) in [7, 11) is 0. The monoisotopic (exact) mass is 404 g/mol. The molecule has 1 amide bonds. The average molecular weight is 404 g/mol. The molecular formula is C19H17FN2O3S2. The summed E-state index contributed by atoms with van der Waals surface area (Å²) in [5.74, 6) is -0.937. The van der Waals surface area contributed by atoms with Crippen molar-refractivity contribution in [2.24, 2.45) is 0 Å². The van der Waals surface area contributed by atoms with E-state index in [9.17, 15) is 14.0 Å². The highest BCUT2D eigenvalue weighted by Crippen LogP contribution is 2.22. The summed E-state index contributed by atoms with van der Waals surface area (Å²) in [5, 5.41) is 2.89. The van der Waals surface area contributed by atoms with Gasteiger partial charge in [-0.25, -0.2) is 9.37 Å². The molecule has 2 aromatic carbocycles. The number of esters is 1. The van der Waals surface area contributed by atoms with Crippen LogP contribution in [0.1, 0.15) is 11.9 Å². The van der Waals surface area contributed by atoms with E-state index in [4.69, 9.17) is 4.74 Å². The number of carbonyl (C=O) groups excluding carboxylic acids is 2. The number of aromatic nitrogens is 1. The van der Waals surface area contributed by atoms with E-state index < -0.39 is 11.2 Å². The molecule has 1 N–H and O–H groups in total. The van der Waals surface area contributed by atoms with E-state index >= 15 is 0 Å². The van der Waals surface area contributed by atoms with Gasteiger partial charge in [-0.2, -0.15) is 0 Å². The van der Waals surface area contributed by atoms with Crippen LogP contribution in [0.3, 0.4) is 0 Å². The largest absolute Gasteiger partial charge is 0.457 e. The van der Waals surface area contributed by atoms with Crippen molar-refractivity contribution in [3.05, 3.63) is 59.4 Å². The van der Waals surface area contributed by atoms with Crippen molar-refractivity contribution < 1.29 is 18.7 Å². The number of benzene rings is 2. The van der Waals surface area contributed by atoms with Crippen LogP contribution in [-0.4, -0.2) is 27.9 Å². The predicted octanol–water partition coefficient (Wildman–Crippen LogP) is 4.24. The van der Waals surface area contributed by atoms with E-state index in [-0.39, 0.29) is 24.1 Å². The smallest absolute Gasteiger partial charge is 0.319 e. The van der Waals surface area contributed by atoms with E-state index in [1.54, 1.807) is 6.92 Å². The van der Waals surface area contributed by atoms with Crippen LogP contribution in [0, 0.1) is 5.82 Å². The molecule has 0 saturated carbocycles. The van der Waals surface area contributed by atoms with Gasteiger partial charge < -0.3 is 10.1 Å². The number of fused-ring (bicyclic) bond motifs is 1. The van der Waals surface area contributed by atoms with Crippen LogP contribution in [0.4, 0.5) is 10.1 Å². The fourth-order valence-electron chi connectivity index (χ4n) is 2.23. The first-order valence-electron chi connectivity index (χ1n) is 8.19.